The van der Waals surface area contributed by atoms with E-state index in [1.807, 2.05) is 13.8 Å². The first-order chi connectivity index (χ1) is 8.01. The van der Waals surface area contributed by atoms with Crippen LogP contribution in [-0.2, 0) is 10.0 Å². The molecule has 0 aliphatic carbocycles. The minimum absolute atomic E-state index is 0.186. The van der Waals surface area contributed by atoms with E-state index in [0.717, 1.165) is 6.42 Å². The van der Waals surface area contributed by atoms with Crippen molar-refractivity contribution in [2.45, 2.75) is 25.2 Å². The number of pyridine rings is 1. The monoisotopic (exact) mass is 257 g/mol. The van der Waals surface area contributed by atoms with Crippen molar-refractivity contribution in [1.29, 1.82) is 0 Å². The lowest BCUT2D eigenvalue weighted by Gasteiger charge is -2.13. The molecule has 0 aromatic carbocycles. The lowest BCUT2D eigenvalue weighted by Crippen LogP contribution is -2.28. The van der Waals surface area contributed by atoms with Crippen LogP contribution in [0.4, 0.5) is 5.69 Å². The topological polar surface area (TPSA) is 71.1 Å². The van der Waals surface area contributed by atoms with Gasteiger partial charge in [0, 0.05) is 26.0 Å². The first-order valence-corrected chi connectivity index (χ1v) is 7.11. The van der Waals surface area contributed by atoms with Gasteiger partial charge in [0.05, 0.1) is 5.69 Å². The summed E-state index contributed by atoms with van der Waals surface area (Å²) in [7, 11) is -1.80. The number of sulfonamides is 1. The molecule has 96 valence electrons. The molecule has 0 aliphatic rings. The van der Waals surface area contributed by atoms with Crippen molar-refractivity contribution in [2.24, 2.45) is 5.92 Å². The molecule has 0 radical (unpaired) electrons. The summed E-state index contributed by atoms with van der Waals surface area (Å²) in [6, 6.07) is 1.64. The summed E-state index contributed by atoms with van der Waals surface area (Å²) in [5.74, 6) is 0.319. The maximum absolute atomic E-state index is 12.0. The summed E-state index contributed by atoms with van der Waals surface area (Å²) in [5.41, 5.74) is 0.552. The molecule has 1 rings (SSSR count). The molecule has 1 unspecified atom stereocenters. The van der Waals surface area contributed by atoms with Crippen LogP contribution in [0.1, 0.15) is 20.3 Å². The van der Waals surface area contributed by atoms with Crippen molar-refractivity contribution in [2.75, 3.05) is 18.9 Å². The van der Waals surface area contributed by atoms with E-state index in [4.69, 9.17) is 0 Å². The quantitative estimate of drug-likeness (QED) is 0.809. The van der Waals surface area contributed by atoms with Gasteiger partial charge >= 0.3 is 0 Å². The average molecular weight is 257 g/mol. The zero-order valence-corrected chi connectivity index (χ0v) is 11.2. The first kappa shape index (κ1) is 13.9. The second kappa shape index (κ2) is 5.97. The van der Waals surface area contributed by atoms with Gasteiger partial charge in [-0.1, -0.05) is 20.3 Å². The van der Waals surface area contributed by atoms with Crippen LogP contribution in [-0.4, -0.2) is 27.0 Å². The summed E-state index contributed by atoms with van der Waals surface area (Å²) in [6.07, 6.45) is 3.85. The highest BCUT2D eigenvalue weighted by molar-refractivity contribution is 7.89. The minimum atomic E-state index is -3.48. The summed E-state index contributed by atoms with van der Waals surface area (Å²) in [5, 5.41) is 2.84. The SMILES string of the molecule is CCC(C)CNS(=O)(=O)c1cnccc1NC. The number of nitrogens with one attached hydrogen (secondary N) is 2. The molecule has 1 atom stereocenters. The lowest BCUT2D eigenvalue weighted by molar-refractivity contribution is 0.528. The molecule has 0 bridgehead atoms. The fourth-order valence-corrected chi connectivity index (χ4v) is 2.59. The smallest absolute Gasteiger partial charge is 0.244 e. The number of rotatable bonds is 6. The Hall–Kier alpha value is -1.14. The Labute approximate surface area is 103 Å². The van der Waals surface area contributed by atoms with Gasteiger partial charge in [0.25, 0.3) is 0 Å². The van der Waals surface area contributed by atoms with E-state index in [1.54, 1.807) is 19.3 Å². The molecular weight excluding hydrogens is 238 g/mol. The number of hydrogen-bond acceptors (Lipinski definition) is 4. The molecule has 0 saturated carbocycles. The Kier molecular flexibility index (Phi) is 4.89. The van der Waals surface area contributed by atoms with Crippen LogP contribution in [0.5, 0.6) is 0 Å². The predicted molar refractivity (Wildman–Crippen MR) is 68.4 cm³/mol. The van der Waals surface area contributed by atoms with Crippen LogP contribution in [0, 0.1) is 5.92 Å². The van der Waals surface area contributed by atoms with Gasteiger partial charge in [-0.05, 0) is 12.0 Å². The van der Waals surface area contributed by atoms with Crippen LogP contribution in [0.25, 0.3) is 0 Å². The standard InChI is InChI=1S/C11H19N3O2S/c1-4-9(2)7-14-17(15,16)11-8-13-6-5-10(11)12-3/h5-6,8-9,14H,4,7H2,1-3H3,(H,12,13). The summed E-state index contributed by atoms with van der Waals surface area (Å²) >= 11 is 0. The second-order valence-electron chi connectivity index (χ2n) is 3.99. The highest BCUT2D eigenvalue weighted by atomic mass is 32.2. The third-order valence-electron chi connectivity index (χ3n) is 2.66. The molecule has 2 N–H and O–H groups in total. The van der Waals surface area contributed by atoms with Crippen LogP contribution in [0.2, 0.25) is 0 Å². The van der Waals surface area contributed by atoms with E-state index in [9.17, 15) is 8.42 Å². The van der Waals surface area contributed by atoms with Crippen molar-refractivity contribution in [3.05, 3.63) is 18.5 Å². The largest absolute Gasteiger partial charge is 0.387 e. The molecule has 0 fully saturated rings. The highest BCUT2D eigenvalue weighted by Crippen LogP contribution is 2.18. The third-order valence-corrected chi connectivity index (χ3v) is 4.11. The van der Waals surface area contributed by atoms with Gasteiger partial charge in [-0.2, -0.15) is 0 Å². The van der Waals surface area contributed by atoms with E-state index in [0.29, 0.717) is 18.2 Å². The van der Waals surface area contributed by atoms with Gasteiger partial charge < -0.3 is 5.32 Å². The van der Waals surface area contributed by atoms with Crippen LogP contribution < -0.4 is 10.0 Å². The molecule has 5 nitrogen and oxygen atoms in total. The zero-order valence-electron chi connectivity index (χ0n) is 10.4. The van der Waals surface area contributed by atoms with Gasteiger partial charge in [-0.15, -0.1) is 0 Å². The van der Waals surface area contributed by atoms with Gasteiger partial charge in [-0.3, -0.25) is 4.98 Å². The van der Waals surface area contributed by atoms with Crippen molar-refractivity contribution in [1.82, 2.24) is 9.71 Å². The molecule has 6 heteroatoms. The summed E-state index contributed by atoms with van der Waals surface area (Å²) < 4.78 is 26.7. The zero-order chi connectivity index (χ0) is 12.9. The van der Waals surface area contributed by atoms with E-state index >= 15 is 0 Å². The molecule has 1 aromatic heterocycles. The minimum Gasteiger partial charge on any atom is -0.387 e. The fourth-order valence-electron chi connectivity index (χ4n) is 1.27. The summed E-state index contributed by atoms with van der Waals surface area (Å²) in [6.45, 7) is 4.48. The maximum atomic E-state index is 12.0. The molecule has 0 spiro atoms. The fraction of sp³-hybridized carbons (Fsp3) is 0.545. The summed E-state index contributed by atoms with van der Waals surface area (Å²) in [4.78, 5) is 4.03. The van der Waals surface area contributed by atoms with Crippen LogP contribution in [0.3, 0.4) is 0 Å². The second-order valence-corrected chi connectivity index (χ2v) is 5.72. The van der Waals surface area contributed by atoms with Gasteiger partial charge in [0.1, 0.15) is 4.90 Å². The van der Waals surface area contributed by atoms with Gasteiger partial charge in [0.2, 0.25) is 10.0 Å². The molecular formula is C11H19N3O2S. The number of aromatic nitrogens is 1. The molecule has 17 heavy (non-hydrogen) atoms. The lowest BCUT2D eigenvalue weighted by atomic mass is 10.1. The highest BCUT2D eigenvalue weighted by Gasteiger charge is 2.18. The Morgan fingerprint density at radius 2 is 2.18 bits per heavy atom. The Balaban J connectivity index is 2.89. The maximum Gasteiger partial charge on any atom is 0.244 e. The van der Waals surface area contributed by atoms with E-state index < -0.39 is 10.0 Å². The molecule has 0 aliphatic heterocycles. The third kappa shape index (κ3) is 3.67. The molecule has 0 amide bonds. The van der Waals surface area contributed by atoms with Gasteiger partial charge in [-0.25, -0.2) is 13.1 Å². The predicted octanol–water partition coefficient (Wildman–Crippen LogP) is 1.45. The molecule has 1 aromatic rings. The van der Waals surface area contributed by atoms with Crippen LogP contribution in [0.15, 0.2) is 23.4 Å². The van der Waals surface area contributed by atoms with Crippen LogP contribution >= 0.6 is 0 Å². The molecule has 0 saturated heterocycles. The Morgan fingerprint density at radius 3 is 2.76 bits per heavy atom. The molecule has 1 heterocycles. The Bertz CT molecular complexity index is 460. The number of nitrogens with zero attached hydrogens (tertiary/aromatic N) is 1. The van der Waals surface area contributed by atoms with E-state index in [2.05, 4.69) is 15.0 Å². The number of anilines is 1. The van der Waals surface area contributed by atoms with Crippen molar-refractivity contribution in [3.8, 4) is 0 Å². The van der Waals surface area contributed by atoms with E-state index in [-0.39, 0.29) is 4.90 Å². The average Bonchev–Trinajstić information content (AvgIpc) is 2.35. The normalized spacial score (nSPS) is 13.4. The van der Waals surface area contributed by atoms with Gasteiger partial charge in [0.15, 0.2) is 0 Å². The number of hydrogen-bond donors (Lipinski definition) is 2. The van der Waals surface area contributed by atoms with Crippen molar-refractivity contribution < 1.29 is 8.42 Å². The Morgan fingerprint density at radius 1 is 1.47 bits per heavy atom. The van der Waals surface area contributed by atoms with E-state index in [1.165, 1.54) is 6.20 Å². The first-order valence-electron chi connectivity index (χ1n) is 5.62. The van der Waals surface area contributed by atoms with Crippen molar-refractivity contribution >= 4 is 15.7 Å². The van der Waals surface area contributed by atoms with Crippen molar-refractivity contribution in [3.63, 3.8) is 0 Å².